The second-order valence-electron chi connectivity index (χ2n) is 8.47. The maximum absolute atomic E-state index is 12.8. The van der Waals surface area contributed by atoms with E-state index < -0.39 is 40.3 Å². The zero-order valence-electron chi connectivity index (χ0n) is 19.8. The van der Waals surface area contributed by atoms with Crippen molar-refractivity contribution in [2.45, 2.75) is 58.2 Å². The Morgan fingerprint density at radius 3 is 2.46 bits per heavy atom. The van der Waals surface area contributed by atoms with E-state index in [1.165, 1.54) is 53.3 Å². The van der Waals surface area contributed by atoms with Gasteiger partial charge >= 0.3 is 11.9 Å². The van der Waals surface area contributed by atoms with Gasteiger partial charge in [0.25, 0.3) is 5.69 Å². The van der Waals surface area contributed by atoms with Crippen LogP contribution in [0.4, 0.5) is 5.69 Å². The lowest BCUT2D eigenvalue weighted by Gasteiger charge is -2.44. The minimum Gasteiger partial charge on any atom is -0.460 e. The van der Waals surface area contributed by atoms with Crippen LogP contribution in [0.3, 0.4) is 0 Å². The number of hydrogen-bond donors (Lipinski definition) is 1. The summed E-state index contributed by atoms with van der Waals surface area (Å²) in [5.74, 6) is -2.80. The van der Waals surface area contributed by atoms with E-state index >= 15 is 0 Å². The lowest BCUT2D eigenvalue weighted by atomic mass is 9.91. The van der Waals surface area contributed by atoms with Gasteiger partial charge in [-0.2, -0.15) is 0 Å². The molecule has 0 unspecified atom stereocenters. The molecule has 2 heterocycles. The number of rotatable bonds is 10. The van der Waals surface area contributed by atoms with Crippen LogP contribution in [0.1, 0.15) is 39.7 Å². The highest BCUT2D eigenvalue weighted by atomic mass is 32.2. The molecule has 1 aromatic carbocycles. The van der Waals surface area contributed by atoms with Crippen LogP contribution >= 0.6 is 11.8 Å². The molecule has 188 valence electrons. The van der Waals surface area contributed by atoms with Gasteiger partial charge in [0.15, 0.2) is 0 Å². The molecule has 0 bridgehead atoms. The van der Waals surface area contributed by atoms with Crippen LogP contribution in [0.2, 0.25) is 0 Å². The Bertz CT molecular complexity index is 1060. The fourth-order valence-corrected chi connectivity index (χ4v) is 5.14. The molecular formula is C23H27N3O8S. The number of ether oxygens (including phenoxy) is 2. The second-order valence-corrected chi connectivity index (χ2v) is 9.46. The molecule has 0 radical (unpaired) electrons. The van der Waals surface area contributed by atoms with E-state index in [0.717, 1.165) is 0 Å². The summed E-state index contributed by atoms with van der Waals surface area (Å²) in [6, 6.07) is 4.79. The minimum absolute atomic E-state index is 0.0718. The van der Waals surface area contributed by atoms with Gasteiger partial charge in [-0.3, -0.25) is 24.6 Å². The largest absolute Gasteiger partial charge is 0.460 e. The molecule has 2 aliphatic heterocycles. The SMILES string of the molecule is CC[C@H](C)[C@H](NC(C)=O)C(=O)O[C@H](C)[C@H]1C(=O)N2C(C(=O)OCc3ccc([N+](=O)[O-])cc3)=CS[C@@H]12. The molecule has 11 nitrogen and oxygen atoms in total. The van der Waals surface area contributed by atoms with Crippen LogP contribution < -0.4 is 5.32 Å². The lowest BCUT2D eigenvalue weighted by Crippen LogP contribution is -2.62. The number of fused-ring (bicyclic) bond motifs is 1. The number of nitro benzene ring substituents is 1. The third-order valence-corrected chi connectivity index (χ3v) is 7.16. The first-order valence-electron chi connectivity index (χ1n) is 11.1. The van der Waals surface area contributed by atoms with E-state index in [1.807, 2.05) is 13.8 Å². The number of carbonyl (C=O) groups excluding carboxylic acids is 4. The highest BCUT2D eigenvalue weighted by Gasteiger charge is 2.57. The van der Waals surface area contributed by atoms with Crippen molar-refractivity contribution >= 4 is 41.2 Å². The van der Waals surface area contributed by atoms with Crippen molar-refractivity contribution in [2.24, 2.45) is 11.8 Å². The van der Waals surface area contributed by atoms with Crippen molar-refractivity contribution in [3.05, 3.63) is 51.0 Å². The molecule has 0 aliphatic carbocycles. The van der Waals surface area contributed by atoms with Crippen LogP contribution in [0.5, 0.6) is 0 Å². The van der Waals surface area contributed by atoms with Gasteiger partial charge in [-0.25, -0.2) is 9.59 Å². The van der Waals surface area contributed by atoms with E-state index in [1.54, 1.807) is 6.92 Å². The zero-order chi connectivity index (χ0) is 25.9. The highest BCUT2D eigenvalue weighted by molar-refractivity contribution is 8.03. The number of nitrogens with zero attached hydrogens (tertiary/aromatic N) is 2. The number of benzene rings is 1. The van der Waals surface area contributed by atoms with E-state index in [4.69, 9.17) is 9.47 Å². The Labute approximate surface area is 206 Å². The van der Waals surface area contributed by atoms with Gasteiger partial charge in [-0.1, -0.05) is 20.3 Å². The molecule has 35 heavy (non-hydrogen) atoms. The van der Waals surface area contributed by atoms with Crippen molar-refractivity contribution in [1.82, 2.24) is 10.2 Å². The standard InChI is InChI=1S/C23H27N3O8S/c1-5-12(2)19(24-14(4)27)23(30)34-13(3)18-20(28)25-17(11-35-21(18)25)22(29)33-10-15-6-8-16(9-7-15)26(31)32/h6-9,11-13,18-19,21H,5,10H2,1-4H3,(H,24,27)/t12-,13+,18-,19-,21-/m0/s1. The number of esters is 2. The smallest absolute Gasteiger partial charge is 0.355 e. The Balaban J connectivity index is 1.56. The predicted octanol–water partition coefficient (Wildman–Crippen LogP) is 2.49. The number of hydrogen-bond acceptors (Lipinski definition) is 9. The van der Waals surface area contributed by atoms with E-state index in [0.29, 0.717) is 12.0 Å². The summed E-state index contributed by atoms with van der Waals surface area (Å²) in [6.07, 6.45) is -0.105. The number of non-ortho nitro benzene ring substituents is 1. The quantitative estimate of drug-likeness (QED) is 0.219. The summed E-state index contributed by atoms with van der Waals surface area (Å²) < 4.78 is 10.8. The molecular weight excluding hydrogens is 478 g/mol. The third-order valence-electron chi connectivity index (χ3n) is 6.02. The first-order chi connectivity index (χ1) is 16.5. The van der Waals surface area contributed by atoms with Crippen LogP contribution in [0, 0.1) is 22.0 Å². The van der Waals surface area contributed by atoms with Crippen LogP contribution in [-0.4, -0.2) is 51.1 Å². The topological polar surface area (TPSA) is 145 Å². The Morgan fingerprint density at radius 1 is 1.23 bits per heavy atom. The Hall–Kier alpha value is -3.41. The summed E-state index contributed by atoms with van der Waals surface area (Å²) in [5, 5.41) is 14.5. The van der Waals surface area contributed by atoms with Gasteiger partial charge in [-0.05, 0) is 30.5 Å². The van der Waals surface area contributed by atoms with Gasteiger partial charge in [0, 0.05) is 24.5 Å². The average molecular weight is 506 g/mol. The molecule has 0 spiro atoms. The number of nitrogens with one attached hydrogen (secondary N) is 1. The Kier molecular flexibility index (Phi) is 8.15. The first-order valence-corrected chi connectivity index (χ1v) is 12.1. The maximum Gasteiger partial charge on any atom is 0.355 e. The average Bonchev–Trinajstić information content (AvgIpc) is 3.19. The van der Waals surface area contributed by atoms with Crippen molar-refractivity contribution < 1.29 is 33.6 Å². The van der Waals surface area contributed by atoms with Crippen LogP contribution in [0.25, 0.3) is 0 Å². The first kappa shape index (κ1) is 26.2. The number of β-lactam (4-membered cyclic amide) rings is 1. The molecule has 1 aromatic rings. The fraction of sp³-hybridized carbons (Fsp3) is 0.478. The Morgan fingerprint density at radius 2 is 1.89 bits per heavy atom. The third kappa shape index (κ3) is 5.64. The zero-order valence-corrected chi connectivity index (χ0v) is 20.6. The fourth-order valence-electron chi connectivity index (χ4n) is 3.81. The molecule has 2 amide bonds. The number of nitro groups is 1. The number of amides is 2. The molecule has 2 aliphatic rings. The molecule has 1 fully saturated rings. The van der Waals surface area contributed by atoms with E-state index in [-0.39, 0.29) is 35.7 Å². The van der Waals surface area contributed by atoms with Gasteiger partial charge < -0.3 is 14.8 Å². The maximum atomic E-state index is 12.8. The van der Waals surface area contributed by atoms with Crippen LogP contribution in [0.15, 0.2) is 35.4 Å². The highest BCUT2D eigenvalue weighted by Crippen LogP contribution is 2.47. The van der Waals surface area contributed by atoms with Crippen molar-refractivity contribution in [1.29, 1.82) is 0 Å². The summed E-state index contributed by atoms with van der Waals surface area (Å²) in [4.78, 5) is 61.1. The number of thioether (sulfide) groups is 1. The van der Waals surface area contributed by atoms with Crippen molar-refractivity contribution in [3.8, 4) is 0 Å². The monoisotopic (exact) mass is 505 g/mol. The number of carbonyl (C=O) groups is 4. The van der Waals surface area contributed by atoms with Crippen LogP contribution in [-0.2, 0) is 35.3 Å². The molecule has 1 saturated heterocycles. The minimum atomic E-state index is -0.814. The van der Waals surface area contributed by atoms with Gasteiger partial charge in [0.05, 0.1) is 4.92 Å². The summed E-state index contributed by atoms with van der Waals surface area (Å²) in [6.45, 7) is 6.55. The molecule has 0 aromatic heterocycles. The van der Waals surface area contributed by atoms with E-state index in [2.05, 4.69) is 5.32 Å². The predicted molar refractivity (Wildman–Crippen MR) is 125 cm³/mol. The van der Waals surface area contributed by atoms with Crippen molar-refractivity contribution in [3.63, 3.8) is 0 Å². The van der Waals surface area contributed by atoms with Crippen molar-refractivity contribution in [2.75, 3.05) is 0 Å². The second kappa shape index (κ2) is 10.9. The lowest BCUT2D eigenvalue weighted by molar-refractivity contribution is -0.384. The molecule has 5 atom stereocenters. The van der Waals surface area contributed by atoms with Gasteiger partial charge in [0.2, 0.25) is 11.8 Å². The summed E-state index contributed by atoms with van der Waals surface area (Å²) >= 11 is 1.26. The van der Waals surface area contributed by atoms with Gasteiger partial charge in [0.1, 0.15) is 35.7 Å². The molecule has 3 rings (SSSR count). The molecule has 12 heteroatoms. The normalized spacial score (nSPS) is 21.1. The van der Waals surface area contributed by atoms with E-state index in [9.17, 15) is 29.3 Å². The molecule has 1 N–H and O–H groups in total. The summed E-state index contributed by atoms with van der Waals surface area (Å²) in [7, 11) is 0. The molecule has 0 saturated carbocycles. The summed E-state index contributed by atoms with van der Waals surface area (Å²) in [5.41, 5.74) is 0.588. The van der Waals surface area contributed by atoms with Gasteiger partial charge in [-0.15, -0.1) is 11.8 Å².